The van der Waals surface area contributed by atoms with Crippen molar-refractivity contribution in [2.24, 2.45) is 4.99 Å². The van der Waals surface area contributed by atoms with Gasteiger partial charge < -0.3 is 4.74 Å². The van der Waals surface area contributed by atoms with Crippen molar-refractivity contribution in [2.45, 2.75) is 25.8 Å². The van der Waals surface area contributed by atoms with E-state index in [-0.39, 0.29) is 16.8 Å². The van der Waals surface area contributed by atoms with E-state index in [2.05, 4.69) is 4.99 Å². The second-order valence-corrected chi connectivity index (χ2v) is 4.99. The smallest absolute Gasteiger partial charge is 0.270 e. The quantitative estimate of drug-likeness (QED) is 0.615. The zero-order valence-corrected chi connectivity index (χ0v) is 10.7. The Morgan fingerprint density at radius 3 is 2.84 bits per heavy atom. The number of nitrogens with zero attached hydrogens (tertiary/aromatic N) is 3. The van der Waals surface area contributed by atoms with Crippen molar-refractivity contribution in [3.63, 3.8) is 0 Å². The lowest BCUT2D eigenvalue weighted by molar-refractivity contribution is -0.384. The first kappa shape index (κ1) is 13.0. The van der Waals surface area contributed by atoms with Gasteiger partial charge in [0.2, 0.25) is 0 Å². The zero-order chi connectivity index (χ0) is 14.0. The highest BCUT2D eigenvalue weighted by atomic mass is 16.6. The van der Waals surface area contributed by atoms with Gasteiger partial charge in [-0.15, -0.1) is 0 Å². The average molecular weight is 259 g/mol. The summed E-state index contributed by atoms with van der Waals surface area (Å²) < 4.78 is 5.46. The fraction of sp³-hybridized carbons (Fsp3) is 0.385. The standard InChI is InChI=1S/C13H13N3O3/c1-13(2)8-19-12(15-13)6-9-3-4-11(16(17)18)5-10(9)7-14/h3-5H,6,8H2,1-2H3. The number of hydrogen-bond acceptors (Lipinski definition) is 5. The molecule has 1 aliphatic heterocycles. The molecule has 0 spiro atoms. The highest BCUT2D eigenvalue weighted by Gasteiger charge is 2.26. The third-order valence-electron chi connectivity index (χ3n) is 2.79. The van der Waals surface area contributed by atoms with Gasteiger partial charge in [0.1, 0.15) is 6.61 Å². The fourth-order valence-corrected chi connectivity index (χ4v) is 1.85. The minimum atomic E-state index is -0.517. The van der Waals surface area contributed by atoms with Gasteiger partial charge in [-0.2, -0.15) is 5.26 Å². The SMILES string of the molecule is CC1(C)COC(Cc2ccc([N+](=O)[O-])cc2C#N)=N1. The lowest BCUT2D eigenvalue weighted by atomic mass is 10.0. The number of nitriles is 1. The number of hydrogen-bond donors (Lipinski definition) is 0. The van der Waals surface area contributed by atoms with Gasteiger partial charge in [-0.05, 0) is 19.4 Å². The van der Waals surface area contributed by atoms with Gasteiger partial charge in [-0.25, -0.2) is 4.99 Å². The van der Waals surface area contributed by atoms with E-state index in [1.807, 2.05) is 19.9 Å². The first-order valence-electron chi connectivity index (χ1n) is 5.80. The number of aliphatic imine (C=N–C) groups is 1. The van der Waals surface area contributed by atoms with Crippen LogP contribution < -0.4 is 0 Å². The summed E-state index contributed by atoms with van der Waals surface area (Å²) in [5.74, 6) is 0.565. The fourth-order valence-electron chi connectivity index (χ4n) is 1.85. The van der Waals surface area contributed by atoms with E-state index in [0.717, 1.165) is 0 Å². The van der Waals surface area contributed by atoms with Crippen LogP contribution >= 0.6 is 0 Å². The lowest BCUT2D eigenvalue weighted by Crippen LogP contribution is -2.17. The summed E-state index contributed by atoms with van der Waals surface area (Å²) in [6, 6.07) is 6.21. The molecule has 0 amide bonds. The largest absolute Gasteiger partial charge is 0.478 e. The molecule has 1 heterocycles. The normalized spacial score (nSPS) is 16.4. The van der Waals surface area contributed by atoms with Gasteiger partial charge in [-0.1, -0.05) is 6.07 Å². The highest BCUT2D eigenvalue weighted by Crippen LogP contribution is 2.22. The van der Waals surface area contributed by atoms with Crippen molar-refractivity contribution in [1.29, 1.82) is 5.26 Å². The number of benzene rings is 1. The predicted octanol–water partition coefficient (Wildman–Crippen LogP) is 2.22. The highest BCUT2D eigenvalue weighted by molar-refractivity contribution is 5.81. The van der Waals surface area contributed by atoms with Gasteiger partial charge in [0.25, 0.3) is 5.69 Å². The van der Waals surface area contributed by atoms with Crippen molar-refractivity contribution in [3.05, 3.63) is 39.4 Å². The summed E-state index contributed by atoms with van der Waals surface area (Å²) in [5, 5.41) is 19.7. The molecule has 1 aromatic rings. The molecule has 0 fully saturated rings. The van der Waals surface area contributed by atoms with E-state index in [9.17, 15) is 10.1 Å². The summed E-state index contributed by atoms with van der Waals surface area (Å²) in [6.07, 6.45) is 0.379. The van der Waals surface area contributed by atoms with E-state index in [4.69, 9.17) is 10.00 Å². The van der Waals surface area contributed by atoms with Gasteiger partial charge in [0, 0.05) is 18.6 Å². The molecular weight excluding hydrogens is 246 g/mol. The number of nitro groups is 1. The Morgan fingerprint density at radius 2 is 2.32 bits per heavy atom. The molecule has 0 saturated carbocycles. The minimum absolute atomic E-state index is 0.0880. The molecule has 0 saturated heterocycles. The van der Waals surface area contributed by atoms with E-state index in [1.165, 1.54) is 12.1 Å². The third kappa shape index (κ3) is 2.88. The topological polar surface area (TPSA) is 88.5 Å². The third-order valence-corrected chi connectivity index (χ3v) is 2.79. The summed E-state index contributed by atoms with van der Waals surface area (Å²) in [6.45, 7) is 4.43. The Balaban J connectivity index is 2.27. The molecule has 6 heteroatoms. The maximum absolute atomic E-state index is 10.7. The molecule has 19 heavy (non-hydrogen) atoms. The molecule has 6 nitrogen and oxygen atoms in total. The van der Waals surface area contributed by atoms with Crippen molar-refractivity contribution in [1.82, 2.24) is 0 Å². The molecule has 98 valence electrons. The van der Waals surface area contributed by atoms with Crippen molar-refractivity contribution in [3.8, 4) is 6.07 Å². The van der Waals surface area contributed by atoms with Gasteiger partial charge in [0.05, 0.1) is 22.1 Å². The lowest BCUT2D eigenvalue weighted by Gasteiger charge is -2.07. The molecular formula is C13H13N3O3. The zero-order valence-electron chi connectivity index (χ0n) is 10.7. The van der Waals surface area contributed by atoms with E-state index < -0.39 is 4.92 Å². The molecule has 0 radical (unpaired) electrons. The summed E-state index contributed by atoms with van der Waals surface area (Å²) in [4.78, 5) is 14.5. The molecule has 0 atom stereocenters. The first-order chi connectivity index (χ1) is 8.91. The average Bonchev–Trinajstić information content (AvgIpc) is 2.69. The molecule has 2 rings (SSSR count). The van der Waals surface area contributed by atoms with Gasteiger partial charge in [0.15, 0.2) is 5.90 Å². The molecule has 0 N–H and O–H groups in total. The van der Waals surface area contributed by atoms with E-state index in [1.54, 1.807) is 6.07 Å². The van der Waals surface area contributed by atoms with Gasteiger partial charge >= 0.3 is 0 Å². The number of nitro benzene ring substituents is 1. The van der Waals surface area contributed by atoms with Crippen LogP contribution in [-0.2, 0) is 11.2 Å². The Labute approximate surface area is 110 Å². The molecule has 0 aliphatic carbocycles. The van der Waals surface area contributed by atoms with Crippen LogP contribution in [0.5, 0.6) is 0 Å². The monoisotopic (exact) mass is 259 g/mol. The summed E-state index contributed by atoms with van der Waals surface area (Å²) >= 11 is 0. The second-order valence-electron chi connectivity index (χ2n) is 4.99. The van der Waals surface area contributed by atoms with Crippen LogP contribution in [0.15, 0.2) is 23.2 Å². The Morgan fingerprint density at radius 1 is 1.58 bits per heavy atom. The Hall–Kier alpha value is -2.42. The van der Waals surface area contributed by atoms with Crippen molar-refractivity contribution in [2.75, 3.05) is 6.61 Å². The molecule has 1 aromatic carbocycles. The summed E-state index contributed by atoms with van der Waals surface area (Å²) in [5.41, 5.74) is 0.632. The van der Waals surface area contributed by atoms with E-state index in [0.29, 0.717) is 24.5 Å². The molecule has 1 aliphatic rings. The minimum Gasteiger partial charge on any atom is -0.478 e. The van der Waals surface area contributed by atoms with Crippen LogP contribution in [0.1, 0.15) is 25.0 Å². The van der Waals surface area contributed by atoms with Crippen molar-refractivity contribution < 1.29 is 9.66 Å². The van der Waals surface area contributed by atoms with Gasteiger partial charge in [-0.3, -0.25) is 10.1 Å². The Kier molecular flexibility index (Phi) is 3.21. The predicted molar refractivity (Wildman–Crippen MR) is 69.0 cm³/mol. The maximum atomic E-state index is 10.7. The number of non-ortho nitro benzene ring substituents is 1. The maximum Gasteiger partial charge on any atom is 0.270 e. The molecule has 0 aromatic heterocycles. The summed E-state index contributed by atoms with van der Waals surface area (Å²) in [7, 11) is 0. The van der Waals surface area contributed by atoms with E-state index >= 15 is 0 Å². The van der Waals surface area contributed by atoms with Crippen LogP contribution in [0.4, 0.5) is 5.69 Å². The van der Waals surface area contributed by atoms with Crippen LogP contribution in [0.25, 0.3) is 0 Å². The first-order valence-corrected chi connectivity index (χ1v) is 5.80. The van der Waals surface area contributed by atoms with Crippen LogP contribution in [-0.4, -0.2) is 23.0 Å². The molecule has 0 unspecified atom stereocenters. The van der Waals surface area contributed by atoms with Crippen LogP contribution in [0, 0.1) is 21.4 Å². The number of rotatable bonds is 3. The van der Waals surface area contributed by atoms with Crippen LogP contribution in [0.3, 0.4) is 0 Å². The second kappa shape index (κ2) is 4.69. The Bertz CT molecular complexity index is 600. The van der Waals surface area contributed by atoms with Crippen molar-refractivity contribution >= 4 is 11.6 Å². The molecule has 0 bridgehead atoms. The number of ether oxygens (including phenoxy) is 1. The van der Waals surface area contributed by atoms with Crippen LogP contribution in [0.2, 0.25) is 0 Å².